The van der Waals surface area contributed by atoms with Crippen LogP contribution in [-0.4, -0.2) is 17.1 Å². The number of ether oxygens (including phenoxy) is 2. The standard InChI is InChI=1S/C24H25N3O2/c1-23(2)19(16-11-7-5-8-12-16)26-21(28-23)18(15-25)22-27-20(24(3,4)29-22)17-13-9-6-10-14-17/h5-14,19-20,26H,1-4H3/b21-18-/t19-,20-/m0/s1. The summed E-state index contributed by atoms with van der Waals surface area (Å²) in [6.45, 7) is 7.99. The molecule has 0 unspecified atom stereocenters. The van der Waals surface area contributed by atoms with Crippen molar-refractivity contribution in [2.45, 2.75) is 51.0 Å². The second-order valence-electron chi connectivity index (χ2n) is 8.46. The maximum atomic E-state index is 9.91. The van der Waals surface area contributed by atoms with Crippen molar-refractivity contribution < 1.29 is 9.47 Å². The van der Waals surface area contributed by atoms with Gasteiger partial charge < -0.3 is 14.8 Å². The molecule has 0 aromatic heterocycles. The molecule has 2 aliphatic rings. The summed E-state index contributed by atoms with van der Waals surface area (Å²) in [5, 5.41) is 13.3. The van der Waals surface area contributed by atoms with Gasteiger partial charge in [-0.1, -0.05) is 60.7 Å². The molecule has 0 aliphatic carbocycles. The number of benzene rings is 2. The molecule has 2 aliphatic heterocycles. The van der Waals surface area contributed by atoms with Crippen LogP contribution in [-0.2, 0) is 9.47 Å². The lowest BCUT2D eigenvalue weighted by Crippen LogP contribution is -2.30. The Morgan fingerprint density at radius 3 is 2.07 bits per heavy atom. The summed E-state index contributed by atoms with van der Waals surface area (Å²) in [5.41, 5.74) is 1.36. The van der Waals surface area contributed by atoms with E-state index in [4.69, 9.17) is 14.5 Å². The van der Waals surface area contributed by atoms with E-state index < -0.39 is 11.2 Å². The van der Waals surface area contributed by atoms with Crippen molar-refractivity contribution in [2.75, 3.05) is 0 Å². The summed E-state index contributed by atoms with van der Waals surface area (Å²) >= 11 is 0. The van der Waals surface area contributed by atoms with E-state index in [9.17, 15) is 5.26 Å². The number of hydrogen-bond donors (Lipinski definition) is 1. The lowest BCUT2D eigenvalue weighted by Gasteiger charge is -2.25. The van der Waals surface area contributed by atoms with Crippen LogP contribution in [0.1, 0.15) is 50.9 Å². The van der Waals surface area contributed by atoms with E-state index in [0.717, 1.165) is 11.1 Å². The highest BCUT2D eigenvalue weighted by molar-refractivity contribution is 5.99. The molecule has 1 N–H and O–H groups in total. The van der Waals surface area contributed by atoms with Gasteiger partial charge in [0, 0.05) is 0 Å². The zero-order valence-electron chi connectivity index (χ0n) is 17.1. The molecule has 5 nitrogen and oxygen atoms in total. The summed E-state index contributed by atoms with van der Waals surface area (Å²) < 4.78 is 12.3. The van der Waals surface area contributed by atoms with E-state index in [1.165, 1.54) is 0 Å². The first-order chi connectivity index (χ1) is 13.8. The molecule has 0 bridgehead atoms. The molecule has 0 saturated carbocycles. The van der Waals surface area contributed by atoms with Crippen molar-refractivity contribution in [1.82, 2.24) is 5.32 Å². The molecule has 0 spiro atoms. The molecule has 0 amide bonds. The summed E-state index contributed by atoms with van der Waals surface area (Å²) in [7, 11) is 0. The summed E-state index contributed by atoms with van der Waals surface area (Å²) in [5.74, 6) is 0.730. The first-order valence-electron chi connectivity index (χ1n) is 9.79. The van der Waals surface area contributed by atoms with Crippen LogP contribution in [0.25, 0.3) is 0 Å². The third kappa shape index (κ3) is 3.47. The fourth-order valence-electron chi connectivity index (χ4n) is 3.94. The minimum absolute atomic E-state index is 0.0815. The highest BCUT2D eigenvalue weighted by Gasteiger charge is 2.45. The molecule has 148 valence electrons. The van der Waals surface area contributed by atoms with Crippen molar-refractivity contribution in [2.24, 2.45) is 4.99 Å². The maximum Gasteiger partial charge on any atom is 0.233 e. The maximum absolute atomic E-state index is 9.91. The van der Waals surface area contributed by atoms with Gasteiger partial charge in [0.25, 0.3) is 0 Å². The Hall–Kier alpha value is -3.26. The smallest absolute Gasteiger partial charge is 0.233 e. The van der Waals surface area contributed by atoms with Crippen LogP contribution >= 0.6 is 0 Å². The minimum Gasteiger partial charge on any atom is -0.470 e. The van der Waals surface area contributed by atoms with Crippen molar-refractivity contribution >= 4 is 5.90 Å². The van der Waals surface area contributed by atoms with Gasteiger partial charge in [0.05, 0.1) is 6.04 Å². The first kappa shape index (κ1) is 19.1. The lowest BCUT2D eigenvalue weighted by atomic mass is 9.93. The monoisotopic (exact) mass is 387 g/mol. The molecular formula is C24H25N3O2. The lowest BCUT2D eigenvalue weighted by molar-refractivity contribution is 0.0620. The molecule has 2 atom stereocenters. The number of rotatable bonds is 3. The Balaban J connectivity index is 1.71. The van der Waals surface area contributed by atoms with E-state index in [2.05, 4.69) is 23.5 Å². The average Bonchev–Trinajstić information content (AvgIpc) is 3.19. The van der Waals surface area contributed by atoms with Gasteiger partial charge in [-0.2, -0.15) is 5.26 Å². The molecule has 0 radical (unpaired) electrons. The normalized spacial score (nSPS) is 25.8. The fraction of sp³-hybridized carbons (Fsp3) is 0.333. The molecule has 1 saturated heterocycles. The number of aliphatic imine (C=N–C) groups is 1. The van der Waals surface area contributed by atoms with E-state index in [1.54, 1.807) is 0 Å². The van der Waals surface area contributed by atoms with Crippen LogP contribution in [0.3, 0.4) is 0 Å². The molecule has 5 heteroatoms. The first-order valence-corrected chi connectivity index (χ1v) is 9.79. The third-order valence-corrected chi connectivity index (χ3v) is 5.40. The number of nitriles is 1. The number of nitrogens with one attached hydrogen (secondary N) is 1. The second-order valence-corrected chi connectivity index (χ2v) is 8.46. The summed E-state index contributed by atoms with van der Waals surface area (Å²) in [6, 6.07) is 22.0. The Bertz CT molecular complexity index is 1000. The van der Waals surface area contributed by atoms with E-state index >= 15 is 0 Å². The molecule has 29 heavy (non-hydrogen) atoms. The zero-order chi connectivity index (χ0) is 20.6. The molecule has 2 aromatic carbocycles. The molecule has 2 aromatic rings. The topological polar surface area (TPSA) is 66.6 Å². The fourth-order valence-corrected chi connectivity index (χ4v) is 3.94. The highest BCUT2D eigenvalue weighted by Crippen LogP contribution is 2.42. The average molecular weight is 387 g/mol. The minimum atomic E-state index is -0.563. The molecule has 4 rings (SSSR count). The predicted molar refractivity (Wildman–Crippen MR) is 112 cm³/mol. The largest absolute Gasteiger partial charge is 0.470 e. The Morgan fingerprint density at radius 2 is 1.48 bits per heavy atom. The van der Waals surface area contributed by atoms with Gasteiger partial charge in [-0.3, -0.25) is 0 Å². The van der Waals surface area contributed by atoms with Crippen LogP contribution < -0.4 is 5.32 Å². The van der Waals surface area contributed by atoms with Gasteiger partial charge in [-0.05, 0) is 38.8 Å². The summed E-state index contributed by atoms with van der Waals surface area (Å²) in [6.07, 6.45) is 0. The zero-order valence-corrected chi connectivity index (χ0v) is 17.1. The molecule has 2 heterocycles. The van der Waals surface area contributed by atoms with Gasteiger partial charge in [0.15, 0.2) is 5.57 Å². The second kappa shape index (κ2) is 6.97. The van der Waals surface area contributed by atoms with E-state index in [-0.39, 0.29) is 12.1 Å². The Labute approximate surface area is 171 Å². The van der Waals surface area contributed by atoms with E-state index in [0.29, 0.717) is 17.4 Å². The van der Waals surface area contributed by atoms with Gasteiger partial charge in [0.1, 0.15) is 23.3 Å². The van der Waals surface area contributed by atoms with Crippen molar-refractivity contribution in [1.29, 1.82) is 5.26 Å². The summed E-state index contributed by atoms with van der Waals surface area (Å²) in [4.78, 5) is 4.77. The van der Waals surface area contributed by atoms with E-state index in [1.807, 2.05) is 76.2 Å². The van der Waals surface area contributed by atoms with Crippen LogP contribution in [0, 0.1) is 11.3 Å². The van der Waals surface area contributed by atoms with Gasteiger partial charge >= 0.3 is 0 Å². The number of hydrogen-bond acceptors (Lipinski definition) is 5. The Kier molecular flexibility index (Phi) is 4.58. The third-order valence-electron chi connectivity index (χ3n) is 5.40. The highest BCUT2D eigenvalue weighted by atomic mass is 16.5. The van der Waals surface area contributed by atoms with Crippen LogP contribution in [0.4, 0.5) is 0 Å². The van der Waals surface area contributed by atoms with Crippen LogP contribution in [0.5, 0.6) is 0 Å². The van der Waals surface area contributed by atoms with Gasteiger partial charge in [-0.25, -0.2) is 4.99 Å². The Morgan fingerprint density at radius 1 is 0.897 bits per heavy atom. The quantitative estimate of drug-likeness (QED) is 0.768. The van der Waals surface area contributed by atoms with Gasteiger partial charge in [-0.15, -0.1) is 0 Å². The predicted octanol–water partition coefficient (Wildman–Crippen LogP) is 4.81. The van der Waals surface area contributed by atoms with Crippen molar-refractivity contribution in [3.05, 3.63) is 83.2 Å². The van der Waals surface area contributed by atoms with Gasteiger partial charge in [0.2, 0.25) is 11.8 Å². The molecule has 1 fully saturated rings. The van der Waals surface area contributed by atoms with Crippen molar-refractivity contribution in [3.8, 4) is 6.07 Å². The number of nitrogens with zero attached hydrogens (tertiary/aromatic N) is 2. The van der Waals surface area contributed by atoms with Crippen LogP contribution in [0.15, 0.2) is 77.1 Å². The molecular weight excluding hydrogens is 362 g/mol. The van der Waals surface area contributed by atoms with Crippen LogP contribution in [0.2, 0.25) is 0 Å². The van der Waals surface area contributed by atoms with Crippen molar-refractivity contribution in [3.63, 3.8) is 0 Å². The SMILES string of the molecule is CC1(C)OC(/C(C#N)=C2/N[C@@H](c3ccccc3)C(C)(C)O2)=N[C@H]1c1ccccc1.